The van der Waals surface area contributed by atoms with E-state index >= 15 is 0 Å². The second-order valence-corrected chi connectivity index (χ2v) is 37.2. The molecule has 0 saturated carbocycles. The first-order valence-corrected chi connectivity index (χ1v) is 40.7. The second-order valence-electron chi connectivity index (χ2n) is 24.5. The molecule has 0 fully saturated rings. The fourth-order valence-electron chi connectivity index (χ4n) is 13.3. The summed E-state index contributed by atoms with van der Waals surface area (Å²) in [6.45, 7) is 34.7. The average Bonchev–Trinajstić information content (AvgIpc) is 1.54. The fourth-order valence-corrected chi connectivity index (χ4v) is 34.5. The first-order valence-electron chi connectivity index (χ1n) is 32.4. The van der Waals surface area contributed by atoms with Crippen molar-refractivity contribution in [3.63, 3.8) is 0 Å². The standard InChI is InChI=1S/C74H78F4GeN4O4S4/c1-11-19-23-43(15-5)37-79(38-44(16-6)24-20-12-2)59-35-65(73-63(86-41-45(17-7)25-21-13-3)29-47(88-73)27-53-67(61(39-80)82-9)49-31-55(75)57(77)33-51(49)69(53)84)90-71(59)72-60(79)36-66(91-72)74-64(87-42-46(18-8)26-22-14-4)30-48(89-74)28-54-68(62(40-81)83-10)50-32-56(76)58(78)34-52(50)70(54)85/h27-36,43-46H,11-26,37-38,41-42H2,1-8H3/b53-27-,54-28-,67-61+,68-62?. The van der Waals surface area contributed by atoms with Crippen molar-refractivity contribution in [1.82, 2.24) is 0 Å². The molecular formula is C74H78F4GeN4O4S4. The molecule has 8 nitrogen and oxygen atoms in total. The van der Waals surface area contributed by atoms with Crippen LogP contribution in [0.2, 0.25) is 10.5 Å². The van der Waals surface area contributed by atoms with E-state index in [2.05, 4.69) is 77.2 Å². The molecule has 6 aromatic rings. The average molecular weight is 1360 g/mol. The summed E-state index contributed by atoms with van der Waals surface area (Å²) in [7, 11) is 0. The van der Waals surface area contributed by atoms with Crippen LogP contribution < -0.4 is 18.3 Å². The van der Waals surface area contributed by atoms with Crippen LogP contribution in [0.1, 0.15) is 200 Å². The molecule has 1 aliphatic heterocycles. The number of rotatable bonds is 30. The summed E-state index contributed by atoms with van der Waals surface area (Å²) >= 11 is 2.88. The molecule has 474 valence electrons. The van der Waals surface area contributed by atoms with Crippen molar-refractivity contribution in [1.29, 1.82) is 10.5 Å². The van der Waals surface area contributed by atoms with Crippen molar-refractivity contribution in [2.24, 2.45) is 23.7 Å². The van der Waals surface area contributed by atoms with Crippen LogP contribution in [-0.2, 0) is 0 Å². The molecule has 4 aromatic heterocycles. The molecule has 0 amide bonds. The van der Waals surface area contributed by atoms with Gasteiger partial charge in [-0.1, -0.05) is 0 Å². The summed E-state index contributed by atoms with van der Waals surface area (Å²) in [6.07, 6.45) is 20.1. The van der Waals surface area contributed by atoms with Crippen LogP contribution in [0.15, 0.2) is 71.1 Å². The summed E-state index contributed by atoms with van der Waals surface area (Å²) < 4.78 is 76.5. The van der Waals surface area contributed by atoms with Gasteiger partial charge in [-0.3, -0.25) is 0 Å². The molecule has 0 N–H and O–H groups in total. The fraction of sp³-hybridized carbons (Fsp3) is 0.432. The van der Waals surface area contributed by atoms with Gasteiger partial charge in [-0.2, -0.15) is 0 Å². The third kappa shape index (κ3) is 14.2. The molecule has 9 rings (SSSR count). The van der Waals surface area contributed by atoms with Crippen molar-refractivity contribution in [3.05, 3.63) is 149 Å². The molecule has 2 aromatic carbocycles. The third-order valence-electron chi connectivity index (χ3n) is 18.6. The zero-order chi connectivity index (χ0) is 65.3. The Bertz CT molecular complexity index is 3770. The number of halogens is 4. The number of hydrogen-bond donors (Lipinski definition) is 0. The number of carbonyl (C=O) groups is 2. The minimum absolute atomic E-state index is 0.00403. The van der Waals surface area contributed by atoms with Crippen LogP contribution in [0.3, 0.4) is 0 Å². The van der Waals surface area contributed by atoms with Gasteiger partial charge in [-0.25, -0.2) is 17.6 Å². The van der Waals surface area contributed by atoms with Crippen LogP contribution >= 0.6 is 45.3 Å². The van der Waals surface area contributed by atoms with E-state index in [0.717, 1.165) is 157 Å². The van der Waals surface area contributed by atoms with Gasteiger partial charge in [0, 0.05) is 0 Å². The Labute approximate surface area is 553 Å². The van der Waals surface area contributed by atoms with Gasteiger partial charge >= 0.3 is 526 Å². The van der Waals surface area contributed by atoms with Gasteiger partial charge in [0.25, 0.3) is 0 Å². The van der Waals surface area contributed by atoms with E-state index in [0.29, 0.717) is 46.3 Å². The number of Topliss-reactive ketones (excluding diaryl/α,β-unsaturated/α-hetero) is 2. The predicted molar refractivity (Wildman–Crippen MR) is 369 cm³/mol. The van der Waals surface area contributed by atoms with E-state index in [-0.39, 0.29) is 56.4 Å². The number of allylic oxidation sites excluding steroid dienone is 6. The molecule has 0 saturated heterocycles. The van der Waals surface area contributed by atoms with Crippen LogP contribution in [0.4, 0.5) is 17.6 Å². The van der Waals surface area contributed by atoms with Crippen LogP contribution in [0, 0.1) is 82.7 Å². The number of hydrogen-bond acceptors (Lipinski definition) is 10. The zero-order valence-corrected chi connectivity index (χ0v) is 58.7. The van der Waals surface area contributed by atoms with Crippen LogP contribution in [0.5, 0.6) is 11.5 Å². The number of fused-ring (bicyclic) bond motifs is 5. The summed E-state index contributed by atoms with van der Waals surface area (Å²) in [6, 6.07) is 16.1. The van der Waals surface area contributed by atoms with Crippen molar-refractivity contribution in [3.8, 4) is 52.9 Å². The van der Waals surface area contributed by atoms with Gasteiger partial charge in [-0.15, -0.1) is 0 Å². The van der Waals surface area contributed by atoms with Crippen molar-refractivity contribution >= 4 is 102 Å². The Morgan fingerprint density at radius 1 is 0.505 bits per heavy atom. The molecule has 4 atom stereocenters. The van der Waals surface area contributed by atoms with E-state index in [9.17, 15) is 37.7 Å². The van der Waals surface area contributed by atoms with Gasteiger partial charge in [-0.05, 0) is 0 Å². The van der Waals surface area contributed by atoms with E-state index in [1.165, 1.54) is 41.2 Å². The van der Waals surface area contributed by atoms with E-state index in [1.54, 1.807) is 34.8 Å². The quantitative estimate of drug-likeness (QED) is 0.0146. The number of unbranched alkanes of at least 4 members (excludes halogenated alkanes) is 4. The molecular weight excluding hydrogens is 1290 g/mol. The first kappa shape index (κ1) is 68.7. The molecule has 5 heterocycles. The molecule has 2 aliphatic carbocycles. The molecule has 0 spiro atoms. The normalized spacial score (nSPS) is 18.1. The maximum atomic E-state index is 15.0. The van der Waals surface area contributed by atoms with Crippen molar-refractivity contribution in [2.75, 3.05) is 13.2 Å². The Morgan fingerprint density at radius 3 is 1.16 bits per heavy atom. The second kappa shape index (κ2) is 30.9. The minimum atomic E-state index is -3.56. The first-order chi connectivity index (χ1) is 44.0. The Morgan fingerprint density at radius 2 is 0.846 bits per heavy atom. The molecule has 91 heavy (non-hydrogen) atoms. The molecule has 17 heteroatoms. The van der Waals surface area contributed by atoms with Crippen LogP contribution in [-0.4, -0.2) is 38.0 Å². The molecule has 0 radical (unpaired) electrons. The van der Waals surface area contributed by atoms with Gasteiger partial charge in [0.15, 0.2) is 0 Å². The van der Waals surface area contributed by atoms with Crippen molar-refractivity contribution in [2.45, 2.75) is 169 Å². The SMILES string of the molecule is [C-]#[N+]C(C#N)=C1/C(=C/c2cc(OCC(CC)CCCC)c(-c3c[c]4c(s3)-c3sc(-c5sc(/C=C6\C(=O)c7cc(F)c(F)cc7\C6=C(\C#N)[N+]#[C-])cc5OCC(CC)CCCC)c[c]3[Ge]4([CH2]C(CC)CCCC)[CH2]C(CC)CCCC)s2)C(=O)c2cc(F)c(F)cc21. The zero-order valence-electron chi connectivity index (χ0n) is 53.3. The van der Waals surface area contributed by atoms with Crippen molar-refractivity contribution < 1.29 is 36.6 Å². The maximum absolute atomic E-state index is 15.0. The summed E-state index contributed by atoms with van der Waals surface area (Å²) in [4.78, 5) is 43.2. The number of carbonyl (C=O) groups excluding carboxylic acids is 2. The van der Waals surface area contributed by atoms with E-state index in [1.807, 2.05) is 24.3 Å². The number of nitrogens with zero attached hydrogens (tertiary/aromatic N) is 4. The third-order valence-corrected chi connectivity index (χ3v) is 35.6. The Balaban J connectivity index is 1.27. The summed E-state index contributed by atoms with van der Waals surface area (Å²) in [5.74, 6) is -3.16. The number of benzene rings is 2. The number of thiophene rings is 4. The number of ketones is 2. The van der Waals surface area contributed by atoms with E-state index in [4.69, 9.17) is 22.6 Å². The van der Waals surface area contributed by atoms with Crippen LogP contribution in [0.25, 0.3) is 62.3 Å². The monoisotopic (exact) mass is 1360 g/mol. The summed E-state index contributed by atoms with van der Waals surface area (Å²) in [5, 5.41) is 22.6. The van der Waals surface area contributed by atoms with Gasteiger partial charge in [0.2, 0.25) is 0 Å². The Kier molecular flexibility index (Phi) is 23.3. The van der Waals surface area contributed by atoms with Gasteiger partial charge < -0.3 is 13.1 Å². The molecule has 3 aliphatic rings. The van der Waals surface area contributed by atoms with Gasteiger partial charge in [0.05, 0.1) is 0 Å². The summed E-state index contributed by atoms with van der Waals surface area (Å²) in [5.41, 5.74) is -1.05. The number of nitriles is 2. The molecule has 0 bridgehead atoms. The van der Waals surface area contributed by atoms with Gasteiger partial charge in [0.1, 0.15) is 0 Å². The topological polar surface area (TPSA) is 109 Å². The number of ether oxygens (including phenoxy) is 2. The Hall–Kier alpha value is -6.64. The van der Waals surface area contributed by atoms with E-state index < -0.39 is 59.5 Å². The predicted octanol–water partition coefficient (Wildman–Crippen LogP) is 21.9. The molecule has 4 unspecified atom stereocenters.